The van der Waals surface area contributed by atoms with E-state index >= 15 is 0 Å². The van der Waals surface area contributed by atoms with Crippen molar-refractivity contribution >= 4 is 33.2 Å². The molecule has 0 saturated carbocycles. The zero-order valence-electron chi connectivity index (χ0n) is 22.6. The monoisotopic (exact) mass is 547 g/mol. The van der Waals surface area contributed by atoms with Crippen molar-refractivity contribution in [3.8, 4) is 0 Å². The van der Waals surface area contributed by atoms with Gasteiger partial charge in [-0.3, -0.25) is 9.69 Å². The molecule has 0 unspecified atom stereocenters. The number of hydrogen-bond donors (Lipinski definition) is 0. The van der Waals surface area contributed by atoms with Gasteiger partial charge in [0.15, 0.2) is 9.84 Å². The number of benzene rings is 3. The molecule has 3 aromatic carbocycles. The minimum absolute atomic E-state index is 0.0926. The molecule has 39 heavy (non-hydrogen) atoms. The number of carbonyl (C=O) groups is 2. The van der Waals surface area contributed by atoms with Gasteiger partial charge in [0.2, 0.25) is 0 Å². The van der Waals surface area contributed by atoms with Crippen molar-refractivity contribution in [2.45, 2.75) is 37.8 Å². The molecule has 2 heterocycles. The molecule has 0 aliphatic carbocycles. The number of sulfone groups is 1. The van der Waals surface area contributed by atoms with Gasteiger partial charge in [-0.25, -0.2) is 13.2 Å². The van der Waals surface area contributed by atoms with E-state index in [1.807, 2.05) is 37.3 Å². The van der Waals surface area contributed by atoms with E-state index in [9.17, 15) is 18.0 Å². The summed E-state index contributed by atoms with van der Waals surface area (Å²) >= 11 is 0. The molecule has 0 spiro atoms. The number of rotatable bonds is 5. The number of carbonyl (C=O) groups excluding carboxylic acids is 2. The average molecular weight is 548 g/mol. The SMILES string of the molecule is Cc1ccc(N2CCN(C(=O)c3ccc(N4C(=O)O[C@@H](c5ccccc5)[C@H]4C)cc3S(C)(=O)=O)CC2)c(C)c1. The summed E-state index contributed by atoms with van der Waals surface area (Å²) in [6.07, 6.45) is 0.0343. The van der Waals surface area contributed by atoms with Crippen molar-refractivity contribution < 1.29 is 22.7 Å². The van der Waals surface area contributed by atoms with Crippen LogP contribution in [-0.2, 0) is 14.6 Å². The van der Waals surface area contributed by atoms with Gasteiger partial charge in [0.05, 0.1) is 16.5 Å². The Labute approximate surface area is 229 Å². The van der Waals surface area contributed by atoms with Gasteiger partial charge in [0, 0.05) is 43.8 Å². The number of anilines is 2. The highest BCUT2D eigenvalue weighted by Crippen LogP contribution is 2.37. The third-order valence-corrected chi connectivity index (χ3v) is 8.67. The predicted octanol–water partition coefficient (Wildman–Crippen LogP) is 4.76. The van der Waals surface area contributed by atoms with Crippen molar-refractivity contribution in [1.82, 2.24) is 4.90 Å². The summed E-state index contributed by atoms with van der Waals surface area (Å²) in [7, 11) is -3.77. The normalized spacial score (nSPS) is 19.8. The zero-order chi connectivity index (χ0) is 27.9. The highest BCUT2D eigenvalue weighted by Gasteiger charge is 2.41. The molecule has 8 nitrogen and oxygen atoms in total. The van der Waals surface area contributed by atoms with Crippen LogP contribution in [0.1, 0.15) is 40.1 Å². The van der Waals surface area contributed by atoms with Crippen LogP contribution in [0.25, 0.3) is 0 Å². The summed E-state index contributed by atoms with van der Waals surface area (Å²) in [5.41, 5.74) is 4.89. The lowest BCUT2D eigenvalue weighted by Crippen LogP contribution is -2.49. The molecule has 2 amide bonds. The van der Waals surface area contributed by atoms with Crippen molar-refractivity contribution in [2.75, 3.05) is 42.2 Å². The van der Waals surface area contributed by atoms with Gasteiger partial charge in [0.25, 0.3) is 5.91 Å². The fourth-order valence-electron chi connectivity index (χ4n) is 5.52. The average Bonchev–Trinajstić information content (AvgIpc) is 3.21. The molecule has 9 heteroatoms. The van der Waals surface area contributed by atoms with Gasteiger partial charge in [0.1, 0.15) is 6.10 Å². The molecular weight excluding hydrogens is 514 g/mol. The summed E-state index contributed by atoms with van der Waals surface area (Å²) in [5.74, 6) is -0.332. The molecule has 0 aromatic heterocycles. The second-order valence-corrected chi connectivity index (χ2v) is 12.3. The predicted molar refractivity (Wildman–Crippen MR) is 151 cm³/mol. The Kier molecular flexibility index (Phi) is 7.11. The van der Waals surface area contributed by atoms with E-state index < -0.39 is 22.0 Å². The molecule has 2 aliphatic heterocycles. The molecule has 0 N–H and O–H groups in total. The molecule has 204 valence electrons. The smallest absolute Gasteiger partial charge is 0.415 e. The highest BCUT2D eigenvalue weighted by atomic mass is 32.2. The molecule has 2 atom stereocenters. The van der Waals surface area contributed by atoms with Crippen molar-refractivity contribution in [3.63, 3.8) is 0 Å². The fourth-order valence-corrected chi connectivity index (χ4v) is 6.41. The Balaban J connectivity index is 1.38. The minimum atomic E-state index is -3.77. The van der Waals surface area contributed by atoms with Gasteiger partial charge in [-0.1, -0.05) is 48.0 Å². The van der Waals surface area contributed by atoms with E-state index in [4.69, 9.17) is 4.74 Å². The Bertz CT molecular complexity index is 1510. The van der Waals surface area contributed by atoms with Gasteiger partial charge >= 0.3 is 6.09 Å². The molecule has 2 aliphatic rings. The van der Waals surface area contributed by atoms with Crippen LogP contribution in [0.4, 0.5) is 16.2 Å². The minimum Gasteiger partial charge on any atom is -0.439 e. The third kappa shape index (κ3) is 5.23. The first-order chi connectivity index (χ1) is 18.5. The second-order valence-electron chi connectivity index (χ2n) is 10.3. The Hall–Kier alpha value is -3.85. The summed E-state index contributed by atoms with van der Waals surface area (Å²) in [6.45, 7) is 8.26. The standard InChI is InChI=1S/C30H33N3O5S/c1-20-10-13-26(21(2)18-20)31-14-16-32(17-15-31)29(34)25-12-11-24(19-27(25)39(4,36)37)33-22(3)28(38-30(33)35)23-8-6-5-7-9-23/h5-13,18-19,22,28H,14-17H2,1-4H3/t22-,28-/m1/s1. The Morgan fingerprint density at radius 2 is 1.62 bits per heavy atom. The third-order valence-electron chi connectivity index (χ3n) is 7.53. The number of ether oxygens (including phenoxy) is 1. The maximum absolute atomic E-state index is 13.6. The summed E-state index contributed by atoms with van der Waals surface area (Å²) in [4.78, 5) is 31.7. The quantitative estimate of drug-likeness (QED) is 0.458. The van der Waals surface area contributed by atoms with Crippen LogP contribution in [0.15, 0.2) is 71.6 Å². The van der Waals surface area contributed by atoms with Crippen LogP contribution in [0.2, 0.25) is 0 Å². The largest absolute Gasteiger partial charge is 0.439 e. The van der Waals surface area contributed by atoms with Crippen LogP contribution in [0, 0.1) is 13.8 Å². The van der Waals surface area contributed by atoms with E-state index in [2.05, 4.69) is 36.9 Å². The molecular formula is C30H33N3O5S. The van der Waals surface area contributed by atoms with E-state index in [-0.39, 0.29) is 22.4 Å². The maximum Gasteiger partial charge on any atom is 0.415 e. The van der Waals surface area contributed by atoms with Crippen LogP contribution in [-0.4, -0.2) is 63.8 Å². The first-order valence-corrected chi connectivity index (χ1v) is 14.9. The van der Waals surface area contributed by atoms with Gasteiger partial charge in [-0.15, -0.1) is 0 Å². The number of nitrogens with zero attached hydrogens (tertiary/aromatic N) is 3. The second kappa shape index (κ2) is 10.4. The summed E-state index contributed by atoms with van der Waals surface area (Å²) < 4.78 is 31.3. The van der Waals surface area contributed by atoms with Gasteiger partial charge in [-0.05, 0) is 56.2 Å². The van der Waals surface area contributed by atoms with Crippen LogP contribution < -0.4 is 9.80 Å². The van der Waals surface area contributed by atoms with E-state index in [1.54, 1.807) is 11.0 Å². The molecule has 5 rings (SSSR count). The number of amides is 2. The lowest BCUT2D eigenvalue weighted by molar-refractivity contribution is 0.0743. The first-order valence-electron chi connectivity index (χ1n) is 13.0. The maximum atomic E-state index is 13.6. The highest BCUT2D eigenvalue weighted by molar-refractivity contribution is 7.90. The van der Waals surface area contributed by atoms with Crippen molar-refractivity contribution in [1.29, 1.82) is 0 Å². The molecule has 3 aromatic rings. The number of piperazine rings is 1. The topological polar surface area (TPSA) is 87.2 Å². The number of hydrogen-bond acceptors (Lipinski definition) is 6. The molecule has 0 bridgehead atoms. The van der Waals surface area contributed by atoms with E-state index in [1.165, 1.54) is 28.2 Å². The Morgan fingerprint density at radius 3 is 2.26 bits per heavy atom. The summed E-state index contributed by atoms with van der Waals surface area (Å²) in [6, 6.07) is 19.9. The van der Waals surface area contributed by atoms with Crippen molar-refractivity contribution in [3.05, 3.63) is 89.0 Å². The van der Waals surface area contributed by atoms with Crippen LogP contribution in [0.5, 0.6) is 0 Å². The van der Waals surface area contributed by atoms with Crippen molar-refractivity contribution in [2.24, 2.45) is 0 Å². The summed E-state index contributed by atoms with van der Waals surface area (Å²) in [5, 5.41) is 0. The Morgan fingerprint density at radius 1 is 0.923 bits per heavy atom. The number of cyclic esters (lactones) is 1. The van der Waals surface area contributed by atoms with Crippen LogP contribution >= 0.6 is 0 Å². The van der Waals surface area contributed by atoms with E-state index in [0.717, 1.165) is 17.5 Å². The lowest BCUT2D eigenvalue weighted by atomic mass is 10.0. The molecule has 2 saturated heterocycles. The molecule has 2 fully saturated rings. The fraction of sp³-hybridized carbons (Fsp3) is 0.333. The zero-order valence-corrected chi connectivity index (χ0v) is 23.4. The van der Waals surface area contributed by atoms with Gasteiger partial charge < -0.3 is 14.5 Å². The number of aryl methyl sites for hydroxylation is 2. The van der Waals surface area contributed by atoms with E-state index in [0.29, 0.717) is 31.9 Å². The van der Waals surface area contributed by atoms with Crippen LogP contribution in [0.3, 0.4) is 0 Å². The van der Waals surface area contributed by atoms with Gasteiger partial charge in [-0.2, -0.15) is 0 Å². The first kappa shape index (κ1) is 26.7. The molecule has 0 radical (unpaired) electrons. The lowest BCUT2D eigenvalue weighted by Gasteiger charge is -2.37.